The second-order valence-corrected chi connectivity index (χ2v) is 7.76. The minimum atomic E-state index is -0.426. The number of rotatable bonds is 4. The molecule has 0 aliphatic carbocycles. The molecular formula is C20H20N4O2S. The average molecular weight is 380 g/mol. The molecule has 1 saturated heterocycles. The summed E-state index contributed by atoms with van der Waals surface area (Å²) in [5, 5.41) is 3.12. The van der Waals surface area contributed by atoms with Gasteiger partial charge in [-0.15, -0.1) is 0 Å². The van der Waals surface area contributed by atoms with Crippen molar-refractivity contribution >= 4 is 40.1 Å². The number of nitrogens with one attached hydrogen (secondary N) is 1. The van der Waals surface area contributed by atoms with Gasteiger partial charge in [-0.05, 0) is 31.2 Å². The summed E-state index contributed by atoms with van der Waals surface area (Å²) in [7, 11) is 0. The summed E-state index contributed by atoms with van der Waals surface area (Å²) >= 11 is 1.38. The summed E-state index contributed by atoms with van der Waals surface area (Å²) in [4.78, 5) is 33.3. The van der Waals surface area contributed by atoms with Gasteiger partial charge in [-0.2, -0.15) is 0 Å². The molecule has 0 saturated carbocycles. The van der Waals surface area contributed by atoms with E-state index in [1.165, 1.54) is 17.3 Å². The zero-order valence-corrected chi connectivity index (χ0v) is 15.8. The van der Waals surface area contributed by atoms with Gasteiger partial charge in [-0.1, -0.05) is 47.7 Å². The lowest BCUT2D eigenvalue weighted by Gasteiger charge is -2.32. The van der Waals surface area contributed by atoms with Crippen molar-refractivity contribution in [1.82, 2.24) is 4.90 Å². The van der Waals surface area contributed by atoms with Crippen LogP contribution in [0.15, 0.2) is 59.6 Å². The summed E-state index contributed by atoms with van der Waals surface area (Å²) in [5.41, 5.74) is 2.96. The van der Waals surface area contributed by atoms with Crippen molar-refractivity contribution in [1.29, 1.82) is 0 Å². The smallest absolute Gasteiger partial charge is 0.244 e. The Hall–Kier alpha value is -2.80. The Balaban J connectivity index is 1.40. The topological polar surface area (TPSA) is 65.0 Å². The number of hydrogen-bond acceptors (Lipinski definition) is 5. The van der Waals surface area contributed by atoms with Crippen molar-refractivity contribution in [3.05, 3.63) is 60.2 Å². The van der Waals surface area contributed by atoms with Gasteiger partial charge in [0.25, 0.3) is 0 Å². The van der Waals surface area contributed by atoms with Gasteiger partial charge >= 0.3 is 0 Å². The van der Waals surface area contributed by atoms with Crippen LogP contribution in [0.5, 0.6) is 0 Å². The number of amidine groups is 1. The zero-order valence-electron chi connectivity index (χ0n) is 15.0. The van der Waals surface area contributed by atoms with Crippen molar-refractivity contribution in [2.75, 3.05) is 23.6 Å². The third-order valence-corrected chi connectivity index (χ3v) is 5.75. The molecule has 1 fully saturated rings. The zero-order chi connectivity index (χ0) is 18.8. The molecule has 6 nitrogen and oxygen atoms in total. The van der Waals surface area contributed by atoms with E-state index in [0.717, 1.165) is 11.4 Å². The molecule has 27 heavy (non-hydrogen) atoms. The SMILES string of the molecule is Cc1ccc(N2CN=C3S[C@H](CC(=O)Nc4ccccc4)C(=O)N3C2)cc1. The van der Waals surface area contributed by atoms with E-state index in [9.17, 15) is 9.59 Å². The summed E-state index contributed by atoms with van der Waals surface area (Å²) in [6.45, 7) is 3.02. The van der Waals surface area contributed by atoms with Crippen LogP contribution in [0, 0.1) is 6.92 Å². The van der Waals surface area contributed by atoms with Gasteiger partial charge in [0.2, 0.25) is 11.8 Å². The number of aryl methyl sites for hydroxylation is 1. The first-order valence-corrected chi connectivity index (χ1v) is 9.67. The molecule has 1 N–H and O–H groups in total. The molecule has 0 spiro atoms. The van der Waals surface area contributed by atoms with E-state index in [-0.39, 0.29) is 18.2 Å². The highest BCUT2D eigenvalue weighted by molar-refractivity contribution is 8.15. The van der Waals surface area contributed by atoms with Gasteiger partial charge in [0.15, 0.2) is 5.17 Å². The van der Waals surface area contributed by atoms with E-state index in [1.807, 2.05) is 66.4 Å². The van der Waals surface area contributed by atoms with Crippen molar-refractivity contribution in [3.8, 4) is 0 Å². The number of benzene rings is 2. The number of thioether (sulfide) groups is 1. The monoisotopic (exact) mass is 380 g/mol. The molecule has 7 heteroatoms. The number of anilines is 2. The summed E-state index contributed by atoms with van der Waals surface area (Å²) < 4.78 is 0. The molecule has 2 aromatic rings. The number of hydrogen-bond donors (Lipinski definition) is 1. The second kappa shape index (κ2) is 7.44. The molecule has 2 amide bonds. The van der Waals surface area contributed by atoms with Crippen LogP contribution in [0.3, 0.4) is 0 Å². The lowest BCUT2D eigenvalue weighted by atomic mass is 10.2. The molecular weight excluding hydrogens is 360 g/mol. The fraction of sp³-hybridized carbons (Fsp3) is 0.250. The van der Waals surface area contributed by atoms with Crippen LogP contribution in [0.4, 0.5) is 11.4 Å². The molecule has 1 atom stereocenters. The van der Waals surface area contributed by atoms with Crippen molar-refractivity contribution in [2.45, 2.75) is 18.6 Å². The highest BCUT2D eigenvalue weighted by Gasteiger charge is 2.41. The molecule has 138 valence electrons. The lowest BCUT2D eigenvalue weighted by molar-refractivity contribution is -0.128. The van der Waals surface area contributed by atoms with E-state index in [2.05, 4.69) is 10.3 Å². The third-order valence-electron chi connectivity index (χ3n) is 4.54. The van der Waals surface area contributed by atoms with E-state index < -0.39 is 5.25 Å². The summed E-state index contributed by atoms with van der Waals surface area (Å²) in [6, 6.07) is 17.4. The minimum absolute atomic E-state index is 0.0567. The van der Waals surface area contributed by atoms with Crippen LogP contribution in [0.25, 0.3) is 0 Å². The maximum absolute atomic E-state index is 12.8. The first-order valence-electron chi connectivity index (χ1n) is 8.79. The van der Waals surface area contributed by atoms with Crippen molar-refractivity contribution in [2.24, 2.45) is 4.99 Å². The van der Waals surface area contributed by atoms with Gasteiger partial charge in [0.1, 0.15) is 18.6 Å². The minimum Gasteiger partial charge on any atom is -0.334 e. The van der Waals surface area contributed by atoms with Crippen LogP contribution in [0.2, 0.25) is 0 Å². The molecule has 4 rings (SSSR count). The molecule has 0 aromatic heterocycles. The molecule has 2 heterocycles. The summed E-state index contributed by atoms with van der Waals surface area (Å²) in [6.07, 6.45) is 0.137. The third kappa shape index (κ3) is 3.83. The number of fused-ring (bicyclic) bond motifs is 1. The molecule has 0 unspecified atom stereocenters. The number of carbonyl (C=O) groups excluding carboxylic acids is 2. The second-order valence-electron chi connectivity index (χ2n) is 6.59. The Morgan fingerprint density at radius 3 is 2.67 bits per heavy atom. The van der Waals surface area contributed by atoms with Gasteiger partial charge in [0.05, 0.1) is 0 Å². The number of aliphatic imine (C=N–C) groups is 1. The lowest BCUT2D eigenvalue weighted by Crippen LogP contribution is -2.46. The van der Waals surface area contributed by atoms with Crippen LogP contribution in [-0.2, 0) is 9.59 Å². The van der Waals surface area contributed by atoms with Gasteiger partial charge < -0.3 is 10.2 Å². The van der Waals surface area contributed by atoms with E-state index in [1.54, 1.807) is 4.90 Å². The van der Waals surface area contributed by atoms with Crippen molar-refractivity contribution < 1.29 is 9.59 Å². The number of para-hydroxylation sites is 1. The Morgan fingerprint density at radius 2 is 1.93 bits per heavy atom. The normalized spacial score (nSPS) is 18.9. The van der Waals surface area contributed by atoms with Crippen LogP contribution < -0.4 is 10.2 Å². The first-order chi connectivity index (χ1) is 13.1. The number of nitrogens with zero attached hydrogens (tertiary/aromatic N) is 3. The molecule has 2 aliphatic heterocycles. The average Bonchev–Trinajstić information content (AvgIpc) is 2.98. The highest BCUT2D eigenvalue weighted by Crippen LogP contribution is 2.33. The maximum Gasteiger partial charge on any atom is 0.244 e. The van der Waals surface area contributed by atoms with Gasteiger partial charge in [-0.25, -0.2) is 4.99 Å². The van der Waals surface area contributed by atoms with Crippen LogP contribution >= 0.6 is 11.8 Å². The van der Waals surface area contributed by atoms with E-state index in [4.69, 9.17) is 0 Å². The quantitative estimate of drug-likeness (QED) is 0.885. The fourth-order valence-electron chi connectivity index (χ4n) is 3.07. The Labute approximate surface area is 162 Å². The summed E-state index contributed by atoms with van der Waals surface area (Å²) in [5.74, 6) is -0.221. The van der Waals surface area contributed by atoms with E-state index >= 15 is 0 Å². The van der Waals surface area contributed by atoms with Crippen LogP contribution in [0.1, 0.15) is 12.0 Å². The molecule has 2 aliphatic rings. The predicted molar refractivity (Wildman–Crippen MR) is 109 cm³/mol. The Bertz CT molecular complexity index is 883. The first kappa shape index (κ1) is 17.6. The Morgan fingerprint density at radius 1 is 1.19 bits per heavy atom. The Kier molecular flexibility index (Phi) is 4.85. The molecule has 0 bridgehead atoms. The van der Waals surface area contributed by atoms with E-state index in [0.29, 0.717) is 18.5 Å². The number of amides is 2. The predicted octanol–water partition coefficient (Wildman–Crippen LogP) is 3.06. The van der Waals surface area contributed by atoms with Crippen molar-refractivity contribution in [3.63, 3.8) is 0 Å². The fourth-order valence-corrected chi connectivity index (χ4v) is 4.20. The van der Waals surface area contributed by atoms with Gasteiger partial charge in [-0.3, -0.25) is 14.5 Å². The van der Waals surface area contributed by atoms with Crippen LogP contribution in [-0.4, -0.2) is 40.5 Å². The molecule has 2 aromatic carbocycles. The largest absolute Gasteiger partial charge is 0.334 e. The maximum atomic E-state index is 12.8. The molecule has 0 radical (unpaired) electrons. The number of carbonyl (C=O) groups is 2. The standard InChI is InChI=1S/C20H20N4O2S/c1-14-7-9-16(10-8-14)23-12-21-20-24(13-23)19(26)17(27-20)11-18(25)22-15-5-3-2-4-6-15/h2-10,17H,11-13H2,1H3,(H,22,25)/t17-/m1/s1. The van der Waals surface area contributed by atoms with Gasteiger partial charge in [0, 0.05) is 17.8 Å². The highest BCUT2D eigenvalue weighted by atomic mass is 32.2.